The molecule has 1 unspecified atom stereocenters. The van der Waals surface area contributed by atoms with Crippen molar-refractivity contribution in [2.75, 3.05) is 32.1 Å². The van der Waals surface area contributed by atoms with Crippen molar-refractivity contribution in [3.8, 4) is 22.7 Å². The van der Waals surface area contributed by atoms with Gasteiger partial charge in [0.1, 0.15) is 18.1 Å². The van der Waals surface area contributed by atoms with E-state index >= 15 is 0 Å². The van der Waals surface area contributed by atoms with Gasteiger partial charge in [-0.25, -0.2) is 9.37 Å². The second kappa shape index (κ2) is 11.9. The number of halogens is 1. The number of benzene rings is 3. The highest BCUT2D eigenvalue weighted by Crippen LogP contribution is 2.25. The number of rotatable bonds is 9. The molecule has 2 amide bonds. The standard InChI is InChI=1S/C30H29FN4O4/c1-38-25-15-9-22(10-16-25)29(37)34(18-26-8-5-17-39-26)20-28(36)33-30-32-27(21-6-3-2-4-7-21)19-35(30)24-13-11-23(31)12-14-24/h2-4,6-7,9-16,19,26H,5,8,17-18,20H2,1H3,(H,32,33,36). The molecule has 0 saturated carbocycles. The highest BCUT2D eigenvalue weighted by Gasteiger charge is 2.26. The number of hydrogen-bond acceptors (Lipinski definition) is 5. The second-order valence-electron chi connectivity index (χ2n) is 9.26. The Balaban J connectivity index is 1.40. The molecule has 0 aliphatic carbocycles. The number of carbonyl (C=O) groups excluding carboxylic acids is 2. The number of nitrogens with zero attached hydrogens (tertiary/aromatic N) is 3. The Morgan fingerprint density at radius 3 is 2.49 bits per heavy atom. The molecule has 1 fully saturated rings. The zero-order valence-corrected chi connectivity index (χ0v) is 21.5. The molecule has 2 heterocycles. The molecule has 8 nitrogen and oxygen atoms in total. The Hall–Kier alpha value is -4.50. The van der Waals surface area contributed by atoms with E-state index in [9.17, 15) is 14.0 Å². The molecule has 200 valence electrons. The van der Waals surface area contributed by atoms with Crippen molar-refractivity contribution >= 4 is 17.8 Å². The number of carbonyl (C=O) groups is 2. The predicted octanol–water partition coefficient (Wildman–Crippen LogP) is 4.95. The highest BCUT2D eigenvalue weighted by molar-refractivity contribution is 5.99. The maximum atomic E-state index is 13.6. The van der Waals surface area contributed by atoms with Crippen LogP contribution in [0.1, 0.15) is 23.2 Å². The summed E-state index contributed by atoms with van der Waals surface area (Å²) in [6.45, 7) is 0.737. The van der Waals surface area contributed by atoms with Gasteiger partial charge in [-0.3, -0.25) is 19.5 Å². The minimum atomic E-state index is -0.413. The first kappa shape index (κ1) is 26.1. The van der Waals surface area contributed by atoms with Crippen molar-refractivity contribution in [2.24, 2.45) is 0 Å². The van der Waals surface area contributed by atoms with Gasteiger partial charge >= 0.3 is 0 Å². The lowest BCUT2D eigenvalue weighted by Gasteiger charge is -2.25. The van der Waals surface area contributed by atoms with Gasteiger partial charge in [0.05, 0.1) is 18.9 Å². The molecular formula is C30H29FN4O4. The van der Waals surface area contributed by atoms with Crippen molar-refractivity contribution < 1.29 is 23.5 Å². The SMILES string of the molecule is COc1ccc(C(=O)N(CC(=O)Nc2nc(-c3ccccc3)cn2-c2ccc(F)cc2)CC2CCCO2)cc1. The molecule has 1 aliphatic heterocycles. The fraction of sp³-hybridized carbons (Fsp3) is 0.233. The molecule has 1 saturated heterocycles. The van der Waals surface area contributed by atoms with Crippen LogP contribution in [-0.4, -0.2) is 59.2 Å². The first-order valence-corrected chi connectivity index (χ1v) is 12.8. The molecule has 0 spiro atoms. The number of hydrogen-bond donors (Lipinski definition) is 1. The zero-order chi connectivity index (χ0) is 27.2. The highest BCUT2D eigenvalue weighted by atomic mass is 19.1. The van der Waals surface area contributed by atoms with Gasteiger partial charge in [0.2, 0.25) is 11.9 Å². The molecule has 1 atom stereocenters. The van der Waals surface area contributed by atoms with Crippen LogP contribution >= 0.6 is 0 Å². The van der Waals surface area contributed by atoms with E-state index in [1.807, 2.05) is 30.3 Å². The van der Waals surface area contributed by atoms with Crippen LogP contribution in [0, 0.1) is 5.82 Å². The van der Waals surface area contributed by atoms with Crippen LogP contribution in [0.25, 0.3) is 16.9 Å². The maximum Gasteiger partial charge on any atom is 0.254 e. The monoisotopic (exact) mass is 528 g/mol. The number of aromatic nitrogens is 2. The van der Waals surface area contributed by atoms with E-state index < -0.39 is 5.91 Å². The van der Waals surface area contributed by atoms with Crippen LogP contribution in [-0.2, 0) is 9.53 Å². The van der Waals surface area contributed by atoms with E-state index in [4.69, 9.17) is 9.47 Å². The summed E-state index contributed by atoms with van der Waals surface area (Å²) in [5.74, 6) is -0.163. The third kappa shape index (κ3) is 6.32. The van der Waals surface area contributed by atoms with Gasteiger partial charge in [-0.1, -0.05) is 30.3 Å². The number of ether oxygens (including phenoxy) is 2. The summed E-state index contributed by atoms with van der Waals surface area (Å²) < 4.78 is 26.2. The maximum absolute atomic E-state index is 13.6. The molecule has 0 radical (unpaired) electrons. The fourth-order valence-electron chi connectivity index (χ4n) is 4.52. The Kier molecular flexibility index (Phi) is 7.98. The van der Waals surface area contributed by atoms with Gasteiger partial charge in [0.15, 0.2) is 0 Å². The van der Waals surface area contributed by atoms with E-state index in [0.29, 0.717) is 35.8 Å². The molecule has 0 bridgehead atoms. The number of methoxy groups -OCH3 is 1. The normalized spacial score (nSPS) is 14.7. The van der Waals surface area contributed by atoms with Crippen LogP contribution < -0.4 is 10.1 Å². The van der Waals surface area contributed by atoms with Gasteiger partial charge in [-0.05, 0) is 61.4 Å². The van der Waals surface area contributed by atoms with Gasteiger partial charge in [-0.15, -0.1) is 0 Å². The molecule has 4 aromatic rings. The van der Waals surface area contributed by atoms with Gasteiger partial charge < -0.3 is 14.4 Å². The number of anilines is 1. The molecule has 1 aliphatic rings. The Morgan fingerprint density at radius 2 is 1.82 bits per heavy atom. The molecule has 5 rings (SSSR count). The largest absolute Gasteiger partial charge is 0.497 e. The second-order valence-corrected chi connectivity index (χ2v) is 9.26. The summed E-state index contributed by atoms with van der Waals surface area (Å²) in [7, 11) is 1.56. The summed E-state index contributed by atoms with van der Waals surface area (Å²) in [6.07, 6.45) is 3.39. The average molecular weight is 529 g/mol. The Morgan fingerprint density at radius 1 is 1.08 bits per heavy atom. The Labute approximate surface area is 226 Å². The van der Waals surface area contributed by atoms with Gasteiger partial charge in [0, 0.05) is 36.2 Å². The molecule has 1 N–H and O–H groups in total. The van der Waals surface area contributed by atoms with Crippen molar-refractivity contribution in [2.45, 2.75) is 18.9 Å². The minimum absolute atomic E-state index is 0.133. The summed E-state index contributed by atoms with van der Waals surface area (Å²) >= 11 is 0. The lowest BCUT2D eigenvalue weighted by molar-refractivity contribution is -0.117. The first-order valence-electron chi connectivity index (χ1n) is 12.8. The van der Waals surface area contributed by atoms with E-state index in [1.54, 1.807) is 54.3 Å². The van der Waals surface area contributed by atoms with Crippen LogP contribution in [0.3, 0.4) is 0 Å². The van der Waals surface area contributed by atoms with Crippen LogP contribution in [0.15, 0.2) is 85.1 Å². The average Bonchev–Trinajstić information content (AvgIpc) is 3.63. The molecule has 39 heavy (non-hydrogen) atoms. The number of imidazole rings is 1. The van der Waals surface area contributed by atoms with Crippen LogP contribution in [0.2, 0.25) is 0 Å². The van der Waals surface area contributed by atoms with Gasteiger partial charge in [-0.2, -0.15) is 0 Å². The summed E-state index contributed by atoms with van der Waals surface area (Å²) in [5, 5.41) is 2.86. The molecule has 3 aromatic carbocycles. The Bertz CT molecular complexity index is 1420. The predicted molar refractivity (Wildman–Crippen MR) is 145 cm³/mol. The quantitative estimate of drug-likeness (QED) is 0.332. The smallest absolute Gasteiger partial charge is 0.254 e. The number of amides is 2. The summed E-state index contributed by atoms with van der Waals surface area (Å²) in [4.78, 5) is 32.9. The van der Waals surface area contributed by atoms with Crippen molar-refractivity contribution in [1.29, 1.82) is 0 Å². The third-order valence-corrected chi connectivity index (χ3v) is 6.54. The topological polar surface area (TPSA) is 85.7 Å². The van der Waals surface area contributed by atoms with E-state index in [0.717, 1.165) is 18.4 Å². The first-order chi connectivity index (χ1) is 19.0. The molecule has 1 aromatic heterocycles. The summed E-state index contributed by atoms with van der Waals surface area (Å²) in [6, 6.07) is 22.2. The van der Waals surface area contributed by atoms with E-state index in [-0.39, 0.29) is 30.3 Å². The molecule has 9 heteroatoms. The number of nitrogens with one attached hydrogen (secondary N) is 1. The lowest BCUT2D eigenvalue weighted by Crippen LogP contribution is -2.42. The van der Waals surface area contributed by atoms with E-state index in [2.05, 4.69) is 10.3 Å². The zero-order valence-electron chi connectivity index (χ0n) is 21.5. The molecular weight excluding hydrogens is 499 g/mol. The van der Waals surface area contributed by atoms with Crippen molar-refractivity contribution in [3.63, 3.8) is 0 Å². The van der Waals surface area contributed by atoms with E-state index in [1.165, 1.54) is 17.0 Å². The van der Waals surface area contributed by atoms with Crippen LogP contribution in [0.5, 0.6) is 5.75 Å². The minimum Gasteiger partial charge on any atom is -0.497 e. The fourth-order valence-corrected chi connectivity index (χ4v) is 4.52. The van der Waals surface area contributed by atoms with Gasteiger partial charge in [0.25, 0.3) is 5.91 Å². The summed E-state index contributed by atoms with van der Waals surface area (Å²) in [5.41, 5.74) is 2.58. The van der Waals surface area contributed by atoms with Crippen molar-refractivity contribution in [3.05, 3.63) is 96.4 Å². The third-order valence-electron chi connectivity index (χ3n) is 6.54. The van der Waals surface area contributed by atoms with Crippen LogP contribution in [0.4, 0.5) is 10.3 Å². The van der Waals surface area contributed by atoms with Crippen molar-refractivity contribution in [1.82, 2.24) is 14.5 Å². The lowest BCUT2D eigenvalue weighted by atomic mass is 10.1.